The molecule has 0 spiro atoms. The van der Waals surface area contributed by atoms with Gasteiger partial charge in [0.25, 0.3) is 5.91 Å². The van der Waals surface area contributed by atoms with Crippen molar-refractivity contribution in [3.05, 3.63) is 65.4 Å². The lowest BCUT2D eigenvalue weighted by molar-refractivity contribution is 0.0901. The second-order valence-corrected chi connectivity index (χ2v) is 7.26. The van der Waals surface area contributed by atoms with Crippen LogP contribution in [0.3, 0.4) is 0 Å². The van der Waals surface area contributed by atoms with E-state index in [0.717, 1.165) is 31.2 Å². The first-order chi connectivity index (χ1) is 13.2. The molecular weight excluding hydrogens is 360 g/mol. The van der Waals surface area contributed by atoms with Crippen molar-refractivity contribution in [2.75, 3.05) is 0 Å². The van der Waals surface area contributed by atoms with E-state index in [1.807, 2.05) is 48.5 Å². The van der Waals surface area contributed by atoms with E-state index >= 15 is 0 Å². The first-order valence-corrected chi connectivity index (χ1v) is 9.72. The van der Waals surface area contributed by atoms with Crippen LogP contribution in [0.1, 0.15) is 42.7 Å². The van der Waals surface area contributed by atoms with Crippen molar-refractivity contribution in [2.45, 2.75) is 38.1 Å². The van der Waals surface area contributed by atoms with E-state index in [0.29, 0.717) is 22.2 Å². The molecule has 27 heavy (non-hydrogen) atoms. The highest BCUT2D eigenvalue weighted by Crippen LogP contribution is 2.32. The van der Waals surface area contributed by atoms with Crippen molar-refractivity contribution in [3.63, 3.8) is 0 Å². The summed E-state index contributed by atoms with van der Waals surface area (Å²) in [5, 5.41) is 3.66. The highest BCUT2D eigenvalue weighted by atomic mass is 35.5. The van der Waals surface area contributed by atoms with Gasteiger partial charge in [-0.3, -0.25) is 4.79 Å². The summed E-state index contributed by atoms with van der Waals surface area (Å²) in [6.07, 6.45) is 5.56. The lowest BCUT2D eigenvalue weighted by Crippen LogP contribution is -2.36. The minimum absolute atomic E-state index is 0.198. The zero-order valence-electron chi connectivity index (χ0n) is 15.0. The van der Waals surface area contributed by atoms with Crippen LogP contribution in [0.2, 0.25) is 5.02 Å². The average Bonchev–Trinajstić information content (AvgIpc) is 3.15. The van der Waals surface area contributed by atoms with E-state index in [-0.39, 0.29) is 17.7 Å². The van der Waals surface area contributed by atoms with Crippen LogP contribution in [0.5, 0.6) is 0 Å². The van der Waals surface area contributed by atoms with Gasteiger partial charge in [-0.2, -0.15) is 0 Å². The van der Waals surface area contributed by atoms with E-state index in [2.05, 4.69) is 10.3 Å². The highest BCUT2D eigenvalue weighted by molar-refractivity contribution is 6.33. The number of hydrogen-bond acceptors (Lipinski definition) is 3. The Morgan fingerprint density at radius 2 is 1.70 bits per heavy atom. The summed E-state index contributed by atoms with van der Waals surface area (Å²) in [6, 6.07) is 17.2. The fourth-order valence-electron chi connectivity index (χ4n) is 3.51. The Morgan fingerprint density at radius 3 is 2.44 bits per heavy atom. The number of amides is 1. The molecule has 1 N–H and O–H groups in total. The van der Waals surface area contributed by atoms with Crippen LogP contribution >= 0.6 is 11.6 Å². The highest BCUT2D eigenvalue weighted by Gasteiger charge is 2.25. The monoisotopic (exact) mass is 380 g/mol. The molecule has 0 bridgehead atoms. The van der Waals surface area contributed by atoms with Crippen LogP contribution in [0.4, 0.5) is 0 Å². The van der Waals surface area contributed by atoms with Crippen LogP contribution in [0.25, 0.3) is 22.7 Å². The maximum Gasteiger partial charge on any atom is 0.289 e. The normalized spacial score (nSPS) is 14.9. The molecular formula is C22H21ClN2O2. The molecule has 0 unspecified atom stereocenters. The Labute approximate surface area is 163 Å². The molecule has 0 aliphatic heterocycles. The van der Waals surface area contributed by atoms with Gasteiger partial charge in [-0.05, 0) is 25.0 Å². The van der Waals surface area contributed by atoms with E-state index in [1.54, 1.807) is 6.07 Å². The molecule has 2 aromatic carbocycles. The zero-order valence-corrected chi connectivity index (χ0v) is 15.7. The molecule has 1 fully saturated rings. The predicted octanol–water partition coefficient (Wildman–Crippen LogP) is 5.72. The number of aromatic nitrogens is 1. The second-order valence-electron chi connectivity index (χ2n) is 6.85. The number of benzene rings is 2. The topological polar surface area (TPSA) is 55.1 Å². The first kappa shape index (κ1) is 17.8. The fraction of sp³-hybridized carbons (Fsp3) is 0.273. The van der Waals surface area contributed by atoms with Crippen LogP contribution < -0.4 is 5.32 Å². The summed E-state index contributed by atoms with van der Waals surface area (Å²) in [4.78, 5) is 17.6. The Morgan fingerprint density at radius 1 is 1.00 bits per heavy atom. The fourth-order valence-corrected chi connectivity index (χ4v) is 3.73. The number of rotatable bonds is 4. The van der Waals surface area contributed by atoms with E-state index in [1.165, 1.54) is 6.42 Å². The Hall–Kier alpha value is -2.59. The van der Waals surface area contributed by atoms with Gasteiger partial charge < -0.3 is 9.73 Å². The lowest BCUT2D eigenvalue weighted by atomic mass is 9.95. The first-order valence-electron chi connectivity index (χ1n) is 9.34. The van der Waals surface area contributed by atoms with Gasteiger partial charge in [0.1, 0.15) is 5.69 Å². The molecule has 4 rings (SSSR count). The number of nitrogens with zero attached hydrogens (tertiary/aromatic N) is 1. The molecule has 1 amide bonds. The maximum atomic E-state index is 13.0. The van der Waals surface area contributed by atoms with Crippen molar-refractivity contribution in [3.8, 4) is 22.7 Å². The van der Waals surface area contributed by atoms with Crippen molar-refractivity contribution < 1.29 is 9.21 Å². The van der Waals surface area contributed by atoms with Gasteiger partial charge in [0, 0.05) is 11.6 Å². The summed E-state index contributed by atoms with van der Waals surface area (Å²) in [6.45, 7) is 0. The molecule has 1 heterocycles. The van der Waals surface area contributed by atoms with Crippen molar-refractivity contribution in [1.82, 2.24) is 10.3 Å². The van der Waals surface area contributed by atoms with Gasteiger partial charge in [0.15, 0.2) is 0 Å². The van der Waals surface area contributed by atoms with Crippen molar-refractivity contribution >= 4 is 17.5 Å². The number of halogens is 1. The van der Waals surface area contributed by atoms with Gasteiger partial charge in [-0.25, -0.2) is 4.98 Å². The summed E-state index contributed by atoms with van der Waals surface area (Å²) in [5.74, 6) is 0.376. The van der Waals surface area contributed by atoms with Crippen LogP contribution in [-0.4, -0.2) is 16.9 Å². The average molecular weight is 381 g/mol. The maximum absolute atomic E-state index is 13.0. The van der Waals surface area contributed by atoms with E-state index in [4.69, 9.17) is 16.0 Å². The molecule has 138 valence electrons. The third-order valence-electron chi connectivity index (χ3n) is 4.93. The number of nitrogens with one attached hydrogen (secondary N) is 1. The van der Waals surface area contributed by atoms with Crippen molar-refractivity contribution in [1.29, 1.82) is 0 Å². The Bertz CT molecular complexity index is 930. The molecule has 1 aromatic heterocycles. The molecule has 5 heteroatoms. The van der Waals surface area contributed by atoms with Gasteiger partial charge in [-0.1, -0.05) is 73.3 Å². The molecule has 0 atom stereocenters. The van der Waals surface area contributed by atoms with E-state index < -0.39 is 0 Å². The van der Waals surface area contributed by atoms with E-state index in [9.17, 15) is 4.79 Å². The summed E-state index contributed by atoms with van der Waals surface area (Å²) in [7, 11) is 0. The smallest absolute Gasteiger partial charge is 0.289 e. The number of oxazole rings is 1. The minimum Gasteiger partial charge on any atom is -0.430 e. The number of carbonyl (C=O) groups excluding carboxylic acids is 1. The molecule has 0 radical (unpaired) electrons. The summed E-state index contributed by atoms with van der Waals surface area (Å²) >= 11 is 6.30. The molecule has 4 nitrogen and oxygen atoms in total. The number of carbonyl (C=O) groups is 1. The SMILES string of the molecule is O=C(NC1CCCCC1)c1oc(-c2ccccc2Cl)nc1-c1ccccc1. The number of hydrogen-bond donors (Lipinski definition) is 1. The zero-order chi connectivity index (χ0) is 18.6. The van der Waals surface area contributed by atoms with Gasteiger partial charge in [0.2, 0.25) is 11.7 Å². The molecule has 1 aliphatic rings. The standard InChI is InChI=1S/C22H21ClN2O2/c23-18-14-8-7-13-17(18)22-25-19(15-9-3-1-4-10-15)20(27-22)21(26)24-16-11-5-2-6-12-16/h1,3-4,7-10,13-14,16H,2,5-6,11-12H2,(H,24,26). The summed E-state index contributed by atoms with van der Waals surface area (Å²) in [5.41, 5.74) is 2.06. The third-order valence-corrected chi connectivity index (χ3v) is 5.25. The summed E-state index contributed by atoms with van der Waals surface area (Å²) < 4.78 is 5.93. The Balaban J connectivity index is 1.72. The van der Waals surface area contributed by atoms with Crippen molar-refractivity contribution in [2.24, 2.45) is 0 Å². The molecule has 1 aliphatic carbocycles. The minimum atomic E-state index is -0.216. The van der Waals surface area contributed by atoms with Gasteiger partial charge >= 0.3 is 0 Å². The molecule has 0 saturated heterocycles. The predicted molar refractivity (Wildman–Crippen MR) is 107 cm³/mol. The van der Waals surface area contributed by atoms with Crippen LogP contribution in [-0.2, 0) is 0 Å². The van der Waals surface area contributed by atoms with Crippen LogP contribution in [0.15, 0.2) is 59.0 Å². The Kier molecular flexibility index (Phi) is 5.26. The van der Waals surface area contributed by atoms with Gasteiger partial charge in [-0.15, -0.1) is 0 Å². The lowest BCUT2D eigenvalue weighted by Gasteiger charge is -2.22. The van der Waals surface area contributed by atoms with Gasteiger partial charge in [0.05, 0.1) is 10.6 Å². The quantitative estimate of drug-likeness (QED) is 0.629. The molecule has 3 aromatic rings. The largest absolute Gasteiger partial charge is 0.430 e. The molecule has 1 saturated carbocycles. The third kappa shape index (κ3) is 3.91. The second kappa shape index (κ2) is 7.97. The van der Waals surface area contributed by atoms with Crippen LogP contribution in [0, 0.1) is 0 Å².